The molecule has 3 rings (SSSR count). The Morgan fingerprint density at radius 2 is 2.00 bits per heavy atom. The molecule has 2 atom stereocenters. The summed E-state index contributed by atoms with van der Waals surface area (Å²) >= 11 is 1.66. The number of carbonyl (C=O) groups is 1. The minimum absolute atomic E-state index is 0.0235. The fraction of sp³-hybridized carbons (Fsp3) is 0.708. The number of aliphatic hydroxyl groups is 1. The summed E-state index contributed by atoms with van der Waals surface area (Å²) in [4.78, 5) is 17.7. The van der Waals surface area contributed by atoms with E-state index in [0.29, 0.717) is 18.9 Å². The Balaban J connectivity index is 1.98. The number of hydrogen-bond donors (Lipinski definition) is 1. The Labute approximate surface area is 179 Å². The van der Waals surface area contributed by atoms with Gasteiger partial charge in [-0.05, 0) is 59.4 Å². The summed E-state index contributed by atoms with van der Waals surface area (Å²) in [5, 5.41) is 9.51. The van der Waals surface area contributed by atoms with Crippen molar-refractivity contribution >= 4 is 22.9 Å². The van der Waals surface area contributed by atoms with Crippen molar-refractivity contribution in [1.29, 1.82) is 0 Å². The molecule has 1 aliphatic carbocycles. The number of thiophene rings is 1. The van der Waals surface area contributed by atoms with Crippen molar-refractivity contribution in [2.75, 3.05) is 18.1 Å². The first-order chi connectivity index (χ1) is 13.6. The number of aryl methyl sites for hydroxylation is 1. The van der Waals surface area contributed by atoms with Gasteiger partial charge in [0.1, 0.15) is 5.60 Å². The zero-order chi connectivity index (χ0) is 21.2. The van der Waals surface area contributed by atoms with Crippen LogP contribution in [-0.2, 0) is 9.53 Å². The van der Waals surface area contributed by atoms with Gasteiger partial charge in [-0.3, -0.25) is 4.79 Å². The van der Waals surface area contributed by atoms with E-state index < -0.39 is 5.60 Å². The normalized spacial score (nSPS) is 26.3. The minimum atomic E-state index is -0.967. The summed E-state index contributed by atoms with van der Waals surface area (Å²) in [6, 6.07) is 2.14. The molecule has 29 heavy (non-hydrogen) atoms. The first-order valence-electron chi connectivity index (χ1n) is 10.9. The molecule has 1 aliphatic heterocycles. The molecule has 0 bridgehead atoms. The van der Waals surface area contributed by atoms with Crippen LogP contribution in [0.15, 0.2) is 6.07 Å². The Hall–Kier alpha value is -1.35. The number of hydrogen-bond acceptors (Lipinski definition) is 4. The van der Waals surface area contributed by atoms with Crippen molar-refractivity contribution < 1.29 is 14.6 Å². The molecule has 5 heteroatoms. The van der Waals surface area contributed by atoms with Crippen molar-refractivity contribution in [3.05, 3.63) is 15.8 Å². The van der Waals surface area contributed by atoms with Gasteiger partial charge < -0.3 is 14.7 Å². The van der Waals surface area contributed by atoms with Crippen LogP contribution in [0.25, 0.3) is 0 Å². The molecule has 2 aliphatic rings. The van der Waals surface area contributed by atoms with Gasteiger partial charge in [0.25, 0.3) is 5.91 Å². The molecule has 2 fully saturated rings. The number of anilines is 1. The predicted molar refractivity (Wildman–Crippen MR) is 119 cm³/mol. The van der Waals surface area contributed by atoms with E-state index in [1.807, 2.05) is 11.8 Å². The van der Waals surface area contributed by atoms with E-state index in [0.717, 1.165) is 28.3 Å². The quantitative estimate of drug-likeness (QED) is 0.709. The Kier molecular flexibility index (Phi) is 6.77. The summed E-state index contributed by atoms with van der Waals surface area (Å²) in [5.41, 5.74) is -0.0517. The largest absolute Gasteiger partial charge is 0.396 e. The molecule has 1 aromatic heterocycles. The van der Waals surface area contributed by atoms with Crippen molar-refractivity contribution in [2.45, 2.75) is 84.8 Å². The fourth-order valence-corrected chi connectivity index (χ4v) is 5.24. The fourth-order valence-electron chi connectivity index (χ4n) is 4.38. The van der Waals surface area contributed by atoms with E-state index >= 15 is 0 Å². The van der Waals surface area contributed by atoms with Gasteiger partial charge in [0.2, 0.25) is 0 Å². The maximum Gasteiger partial charge on any atom is 0.259 e. The van der Waals surface area contributed by atoms with Crippen LogP contribution in [0.1, 0.15) is 76.0 Å². The lowest BCUT2D eigenvalue weighted by molar-refractivity contribution is -0.155. The van der Waals surface area contributed by atoms with Gasteiger partial charge in [-0.2, -0.15) is 0 Å². The minimum Gasteiger partial charge on any atom is -0.396 e. The van der Waals surface area contributed by atoms with Gasteiger partial charge in [0.15, 0.2) is 0 Å². The lowest BCUT2D eigenvalue weighted by atomic mass is 9.81. The molecule has 4 nitrogen and oxygen atoms in total. The molecule has 1 saturated heterocycles. The van der Waals surface area contributed by atoms with E-state index in [1.165, 1.54) is 19.3 Å². The van der Waals surface area contributed by atoms with Crippen LogP contribution in [0.4, 0.5) is 5.69 Å². The van der Waals surface area contributed by atoms with E-state index in [-0.39, 0.29) is 24.0 Å². The summed E-state index contributed by atoms with van der Waals surface area (Å²) in [7, 11) is 0. The third-order valence-electron chi connectivity index (χ3n) is 6.07. The summed E-state index contributed by atoms with van der Waals surface area (Å²) < 4.78 is 6.10. The van der Waals surface area contributed by atoms with E-state index in [4.69, 9.17) is 4.74 Å². The van der Waals surface area contributed by atoms with E-state index in [9.17, 15) is 9.90 Å². The van der Waals surface area contributed by atoms with Crippen molar-refractivity contribution in [2.24, 2.45) is 11.3 Å². The third-order valence-corrected chi connectivity index (χ3v) is 7.03. The molecule has 1 aromatic rings. The lowest BCUT2D eigenvalue weighted by Gasteiger charge is -2.47. The molecule has 0 spiro atoms. The van der Waals surface area contributed by atoms with Crippen LogP contribution in [0.3, 0.4) is 0 Å². The Bertz CT molecular complexity index is 791. The van der Waals surface area contributed by atoms with Crippen molar-refractivity contribution in [3.63, 3.8) is 0 Å². The van der Waals surface area contributed by atoms with Gasteiger partial charge in [-0.15, -0.1) is 11.3 Å². The van der Waals surface area contributed by atoms with Crippen LogP contribution in [-0.4, -0.2) is 35.9 Å². The van der Waals surface area contributed by atoms with E-state index in [1.54, 1.807) is 11.3 Å². The predicted octanol–water partition coefficient (Wildman–Crippen LogP) is 4.91. The highest BCUT2D eigenvalue weighted by atomic mass is 32.1. The van der Waals surface area contributed by atoms with Crippen molar-refractivity contribution in [1.82, 2.24) is 0 Å². The lowest BCUT2D eigenvalue weighted by Crippen LogP contribution is -2.62. The number of rotatable bonds is 4. The number of nitrogens with zero attached hydrogens (tertiary/aromatic N) is 1. The SMILES string of the molecule is Cc1sc(C#CC(C)(C)C)cc1N1C(=O)[C@@](C)(CCO)OCC1C1CCCCC1. The number of morpholine rings is 1. The molecule has 160 valence electrons. The maximum absolute atomic E-state index is 13.6. The first kappa shape index (κ1) is 22.3. The molecule has 0 radical (unpaired) electrons. The average Bonchev–Trinajstić information content (AvgIpc) is 3.03. The monoisotopic (exact) mass is 417 g/mol. The second-order valence-corrected chi connectivity index (χ2v) is 11.0. The molecule has 1 unspecified atom stereocenters. The van der Waals surface area contributed by atoms with E-state index in [2.05, 4.69) is 45.6 Å². The number of ether oxygens (including phenoxy) is 1. The van der Waals surface area contributed by atoms with Crippen LogP contribution in [0.5, 0.6) is 0 Å². The van der Waals surface area contributed by atoms with Crippen LogP contribution in [0, 0.1) is 30.1 Å². The highest BCUT2D eigenvalue weighted by Gasteiger charge is 2.48. The van der Waals surface area contributed by atoms with Gasteiger partial charge in [-0.25, -0.2) is 0 Å². The molecule has 1 N–H and O–H groups in total. The number of aliphatic hydroxyl groups excluding tert-OH is 1. The molecule has 2 heterocycles. The molecule has 0 aromatic carbocycles. The van der Waals surface area contributed by atoms with Crippen LogP contribution < -0.4 is 4.90 Å². The smallest absolute Gasteiger partial charge is 0.259 e. The van der Waals surface area contributed by atoms with Gasteiger partial charge in [0.05, 0.1) is 23.2 Å². The maximum atomic E-state index is 13.6. The molecular weight excluding hydrogens is 382 g/mol. The average molecular weight is 418 g/mol. The van der Waals surface area contributed by atoms with Crippen LogP contribution in [0.2, 0.25) is 0 Å². The third kappa shape index (κ3) is 5.05. The highest BCUT2D eigenvalue weighted by molar-refractivity contribution is 7.13. The zero-order valence-corrected chi connectivity index (χ0v) is 19.3. The van der Waals surface area contributed by atoms with Crippen LogP contribution >= 0.6 is 11.3 Å². The second kappa shape index (κ2) is 8.79. The zero-order valence-electron chi connectivity index (χ0n) is 18.5. The first-order valence-corrected chi connectivity index (χ1v) is 11.7. The molecular formula is C24H35NO3S. The number of carbonyl (C=O) groups excluding carboxylic acids is 1. The van der Waals surface area contributed by atoms with Gasteiger partial charge in [-0.1, -0.05) is 31.1 Å². The summed E-state index contributed by atoms with van der Waals surface area (Å²) in [6.07, 6.45) is 6.34. The standard InChI is InChI=1S/C24H35NO3S/c1-17-20(15-19(29-17)11-12-23(2,3)4)25-21(18-9-7-6-8-10-18)16-28-24(5,13-14-26)22(25)27/h15,18,21,26H,6-10,13-14,16H2,1-5H3/t21?,24-/m1/s1. The van der Waals surface area contributed by atoms with Crippen molar-refractivity contribution in [3.8, 4) is 11.8 Å². The van der Waals surface area contributed by atoms with Gasteiger partial charge >= 0.3 is 0 Å². The molecule has 1 saturated carbocycles. The topological polar surface area (TPSA) is 49.8 Å². The summed E-state index contributed by atoms with van der Waals surface area (Å²) in [6.45, 7) is 10.7. The Morgan fingerprint density at radius 3 is 2.62 bits per heavy atom. The highest BCUT2D eigenvalue weighted by Crippen LogP contribution is 2.40. The molecule has 1 amide bonds. The second-order valence-electron chi connectivity index (χ2n) is 9.71. The van der Waals surface area contributed by atoms with Gasteiger partial charge in [0, 0.05) is 23.3 Å². The summed E-state index contributed by atoms with van der Waals surface area (Å²) in [5.74, 6) is 7.05. The number of amides is 1. The Morgan fingerprint density at radius 1 is 1.31 bits per heavy atom.